The van der Waals surface area contributed by atoms with Gasteiger partial charge in [0.15, 0.2) is 0 Å². The minimum absolute atomic E-state index is 0.276. The van der Waals surface area contributed by atoms with Gasteiger partial charge in [-0.25, -0.2) is 0 Å². The first-order chi connectivity index (χ1) is 7.92. The monoisotopic (exact) mass is 226 g/mol. The SMILES string of the molecule is [CH]CCP(c1ccccc1)c1ccccc1. The molecule has 0 aliphatic carbocycles. The Balaban J connectivity index is 2.31. The molecule has 0 fully saturated rings. The van der Waals surface area contributed by atoms with Crippen LogP contribution in [0.4, 0.5) is 0 Å². The van der Waals surface area contributed by atoms with Gasteiger partial charge in [0.1, 0.15) is 0 Å². The van der Waals surface area contributed by atoms with Crippen LogP contribution < -0.4 is 10.6 Å². The minimum atomic E-state index is -0.276. The second kappa shape index (κ2) is 5.82. The third kappa shape index (κ3) is 2.71. The van der Waals surface area contributed by atoms with Crippen molar-refractivity contribution in [3.05, 3.63) is 67.6 Å². The Morgan fingerprint density at radius 1 is 0.750 bits per heavy atom. The summed E-state index contributed by atoms with van der Waals surface area (Å²) in [4.78, 5) is 0. The third-order valence-electron chi connectivity index (χ3n) is 2.49. The largest absolute Gasteiger partial charge is 0.0622 e. The van der Waals surface area contributed by atoms with Gasteiger partial charge in [-0.15, -0.1) is 0 Å². The quantitative estimate of drug-likeness (QED) is 0.702. The van der Waals surface area contributed by atoms with Crippen LogP contribution in [0.3, 0.4) is 0 Å². The summed E-state index contributed by atoms with van der Waals surface area (Å²) in [5.41, 5.74) is 0. The van der Waals surface area contributed by atoms with E-state index in [1.807, 2.05) is 0 Å². The van der Waals surface area contributed by atoms with Crippen LogP contribution >= 0.6 is 7.92 Å². The molecule has 80 valence electrons. The molecule has 0 N–H and O–H groups in total. The first-order valence-electron chi connectivity index (χ1n) is 5.49. The van der Waals surface area contributed by atoms with Gasteiger partial charge in [0.25, 0.3) is 0 Å². The van der Waals surface area contributed by atoms with Gasteiger partial charge in [-0.05, 0) is 38.0 Å². The van der Waals surface area contributed by atoms with E-state index in [2.05, 4.69) is 60.7 Å². The molecule has 0 nitrogen and oxygen atoms in total. The van der Waals surface area contributed by atoms with Crippen molar-refractivity contribution in [2.45, 2.75) is 6.42 Å². The highest BCUT2D eigenvalue weighted by atomic mass is 31.1. The second-order valence-corrected chi connectivity index (χ2v) is 5.95. The molecule has 0 saturated carbocycles. The van der Waals surface area contributed by atoms with E-state index in [0.717, 1.165) is 12.6 Å². The maximum atomic E-state index is 5.72. The lowest BCUT2D eigenvalue weighted by Gasteiger charge is -2.17. The van der Waals surface area contributed by atoms with E-state index in [9.17, 15) is 0 Å². The molecule has 0 aliphatic heterocycles. The first kappa shape index (κ1) is 11.4. The van der Waals surface area contributed by atoms with Crippen molar-refractivity contribution in [1.82, 2.24) is 0 Å². The van der Waals surface area contributed by atoms with Crippen LogP contribution in [0.25, 0.3) is 0 Å². The van der Waals surface area contributed by atoms with Gasteiger partial charge < -0.3 is 0 Å². The Hall–Kier alpha value is -1.13. The van der Waals surface area contributed by atoms with E-state index in [4.69, 9.17) is 6.92 Å². The molecule has 2 radical (unpaired) electrons. The second-order valence-electron chi connectivity index (χ2n) is 3.61. The van der Waals surface area contributed by atoms with E-state index in [0.29, 0.717) is 0 Å². The summed E-state index contributed by atoms with van der Waals surface area (Å²) < 4.78 is 0. The zero-order valence-corrected chi connectivity index (χ0v) is 10.1. The Kier molecular flexibility index (Phi) is 4.13. The van der Waals surface area contributed by atoms with Crippen molar-refractivity contribution in [3.8, 4) is 0 Å². The molecule has 0 amide bonds. The number of hydrogen-bond donors (Lipinski definition) is 0. The molecule has 2 aromatic rings. The molecular weight excluding hydrogens is 211 g/mol. The predicted octanol–water partition coefficient (Wildman–Crippen LogP) is 3.22. The van der Waals surface area contributed by atoms with Crippen LogP contribution in [0.5, 0.6) is 0 Å². The van der Waals surface area contributed by atoms with Gasteiger partial charge in [0, 0.05) is 0 Å². The molecule has 0 bridgehead atoms. The molecule has 0 aliphatic rings. The van der Waals surface area contributed by atoms with Crippen LogP contribution in [0, 0.1) is 6.92 Å². The molecule has 16 heavy (non-hydrogen) atoms. The van der Waals surface area contributed by atoms with Gasteiger partial charge in [0.2, 0.25) is 0 Å². The van der Waals surface area contributed by atoms with Crippen molar-refractivity contribution in [2.24, 2.45) is 0 Å². The average Bonchev–Trinajstić information content (AvgIpc) is 2.38. The van der Waals surface area contributed by atoms with Gasteiger partial charge in [-0.2, -0.15) is 0 Å². The number of benzene rings is 2. The van der Waals surface area contributed by atoms with Crippen LogP contribution in [0.2, 0.25) is 0 Å². The Morgan fingerprint density at radius 2 is 1.19 bits per heavy atom. The van der Waals surface area contributed by atoms with Crippen molar-refractivity contribution in [3.63, 3.8) is 0 Å². The summed E-state index contributed by atoms with van der Waals surface area (Å²) in [5.74, 6) is 0. The molecule has 2 aromatic carbocycles. The van der Waals surface area contributed by atoms with Gasteiger partial charge in [-0.3, -0.25) is 0 Å². The number of hydrogen-bond acceptors (Lipinski definition) is 0. The van der Waals surface area contributed by atoms with E-state index in [1.165, 1.54) is 10.6 Å². The fourth-order valence-electron chi connectivity index (χ4n) is 1.75. The van der Waals surface area contributed by atoms with Gasteiger partial charge in [0.05, 0.1) is 0 Å². The van der Waals surface area contributed by atoms with E-state index in [1.54, 1.807) is 0 Å². The molecule has 0 heterocycles. The average molecular weight is 226 g/mol. The highest BCUT2D eigenvalue weighted by molar-refractivity contribution is 7.73. The summed E-state index contributed by atoms with van der Waals surface area (Å²) >= 11 is 0. The van der Waals surface area contributed by atoms with E-state index in [-0.39, 0.29) is 7.92 Å². The Labute approximate surface area is 99.1 Å². The third-order valence-corrected chi connectivity index (χ3v) is 5.04. The zero-order chi connectivity index (χ0) is 11.2. The molecule has 0 atom stereocenters. The maximum Gasteiger partial charge on any atom is -0.0195 e. The summed E-state index contributed by atoms with van der Waals surface area (Å²) in [7, 11) is -0.276. The van der Waals surface area contributed by atoms with Crippen LogP contribution in [0.1, 0.15) is 6.42 Å². The topological polar surface area (TPSA) is 0 Å². The zero-order valence-electron chi connectivity index (χ0n) is 9.21. The molecule has 0 aromatic heterocycles. The summed E-state index contributed by atoms with van der Waals surface area (Å²) in [6.07, 6.45) is 1.80. The lowest BCUT2D eigenvalue weighted by Crippen LogP contribution is -2.13. The lowest BCUT2D eigenvalue weighted by molar-refractivity contribution is 1.24. The molecule has 2 rings (SSSR count). The van der Waals surface area contributed by atoms with Crippen LogP contribution in [0.15, 0.2) is 60.7 Å². The summed E-state index contributed by atoms with van der Waals surface area (Å²) in [6, 6.07) is 21.3. The highest BCUT2D eigenvalue weighted by Crippen LogP contribution is 2.33. The van der Waals surface area contributed by atoms with E-state index >= 15 is 0 Å². The first-order valence-corrected chi connectivity index (χ1v) is 7.02. The molecular formula is C15H15P. The molecule has 0 unspecified atom stereocenters. The van der Waals surface area contributed by atoms with Crippen LogP contribution in [-0.2, 0) is 0 Å². The lowest BCUT2D eigenvalue weighted by atomic mass is 10.4. The maximum absolute atomic E-state index is 5.72. The normalized spacial score (nSPS) is 10.6. The molecule has 1 heteroatoms. The minimum Gasteiger partial charge on any atom is -0.0622 e. The highest BCUT2D eigenvalue weighted by Gasteiger charge is 2.11. The van der Waals surface area contributed by atoms with E-state index < -0.39 is 0 Å². The Morgan fingerprint density at radius 3 is 1.56 bits per heavy atom. The fraction of sp³-hybridized carbons (Fsp3) is 0.133. The Bertz CT molecular complexity index is 368. The van der Waals surface area contributed by atoms with Crippen LogP contribution in [-0.4, -0.2) is 6.16 Å². The van der Waals surface area contributed by atoms with Gasteiger partial charge >= 0.3 is 0 Å². The fourth-order valence-corrected chi connectivity index (χ4v) is 3.89. The summed E-state index contributed by atoms with van der Waals surface area (Å²) in [6.45, 7) is 5.72. The standard InChI is InChI=1S/C15H15P/c1-2-13-16(14-9-5-3-6-10-14)15-11-7-4-8-12-15/h1,3-12H,2,13H2. The number of rotatable bonds is 4. The smallest absolute Gasteiger partial charge is 0.0195 e. The predicted molar refractivity (Wildman–Crippen MR) is 72.9 cm³/mol. The molecule has 0 saturated heterocycles. The summed E-state index contributed by atoms with van der Waals surface area (Å²) in [5, 5.41) is 2.82. The van der Waals surface area contributed by atoms with Crippen molar-refractivity contribution in [1.29, 1.82) is 0 Å². The van der Waals surface area contributed by atoms with Crippen molar-refractivity contribution in [2.75, 3.05) is 6.16 Å². The van der Waals surface area contributed by atoms with Crippen molar-refractivity contribution < 1.29 is 0 Å². The van der Waals surface area contributed by atoms with Gasteiger partial charge in [-0.1, -0.05) is 60.7 Å². The molecule has 0 spiro atoms. The van der Waals surface area contributed by atoms with Crippen molar-refractivity contribution >= 4 is 18.5 Å².